The zero-order chi connectivity index (χ0) is 17.6. The molecule has 0 saturated carbocycles. The topological polar surface area (TPSA) is 59.8 Å². The van der Waals surface area contributed by atoms with Gasteiger partial charge in [0.15, 0.2) is 0 Å². The first-order valence-corrected chi connectivity index (χ1v) is 8.92. The fraction of sp³-hybridized carbons (Fsp3) is 0.526. The second-order valence-corrected chi connectivity index (χ2v) is 6.47. The summed E-state index contributed by atoms with van der Waals surface area (Å²) in [5.74, 6) is 1.57. The largest absolute Gasteiger partial charge is 0.494 e. The maximum atomic E-state index is 10.4. The number of ether oxygens (including phenoxy) is 2. The summed E-state index contributed by atoms with van der Waals surface area (Å²) in [6.07, 6.45) is 5.71. The van der Waals surface area contributed by atoms with Gasteiger partial charge in [-0.25, -0.2) is 0 Å². The molecule has 1 fully saturated rings. The van der Waals surface area contributed by atoms with Gasteiger partial charge in [0.05, 0.1) is 12.8 Å². The van der Waals surface area contributed by atoms with Crippen molar-refractivity contribution in [2.75, 3.05) is 26.3 Å². The van der Waals surface area contributed by atoms with Crippen LogP contribution in [0.4, 0.5) is 0 Å². The molecule has 0 unspecified atom stereocenters. The fourth-order valence-corrected chi connectivity index (χ4v) is 3.35. The number of aliphatic hydroxyl groups excluding tert-OH is 1. The Balaban J connectivity index is 1.49. The first-order chi connectivity index (χ1) is 12.2. The summed E-state index contributed by atoms with van der Waals surface area (Å²) in [6.45, 7) is 4.49. The van der Waals surface area contributed by atoms with Crippen molar-refractivity contribution in [2.45, 2.75) is 31.9 Å². The molecule has 1 aromatic heterocycles. The molecule has 2 heterocycles. The van der Waals surface area contributed by atoms with Crippen LogP contribution in [0.25, 0.3) is 0 Å². The van der Waals surface area contributed by atoms with E-state index in [0.717, 1.165) is 30.9 Å². The maximum absolute atomic E-state index is 10.4. The fourth-order valence-electron chi connectivity index (χ4n) is 3.35. The van der Waals surface area contributed by atoms with Gasteiger partial charge in [0.2, 0.25) is 0 Å². The van der Waals surface area contributed by atoms with Crippen molar-refractivity contribution < 1.29 is 14.6 Å². The zero-order valence-corrected chi connectivity index (χ0v) is 15.0. The molecular weight excluding hydrogens is 318 g/mol. The molecular formula is C19H27N3O3. The summed E-state index contributed by atoms with van der Waals surface area (Å²) >= 11 is 0. The van der Waals surface area contributed by atoms with E-state index in [4.69, 9.17) is 9.47 Å². The van der Waals surface area contributed by atoms with Crippen LogP contribution in [-0.2, 0) is 7.05 Å². The molecule has 0 spiro atoms. The number of aryl methyl sites for hydroxylation is 1. The van der Waals surface area contributed by atoms with Gasteiger partial charge in [0.25, 0.3) is 0 Å². The first-order valence-electron chi connectivity index (χ1n) is 8.92. The number of benzene rings is 1. The van der Waals surface area contributed by atoms with Crippen molar-refractivity contribution in [3.05, 3.63) is 42.2 Å². The molecule has 0 bridgehead atoms. The molecule has 6 nitrogen and oxygen atoms in total. The average Bonchev–Trinajstić information content (AvgIpc) is 3.23. The Hall–Kier alpha value is -2.05. The van der Waals surface area contributed by atoms with E-state index >= 15 is 0 Å². The molecule has 1 aromatic carbocycles. The number of aromatic nitrogens is 2. The standard InChI is InChI=1S/C19H27N3O3/c1-3-24-17-6-8-18(9-7-17)25-14-16(23)13-22-10-4-5-19(22)15-11-20-21(2)12-15/h6-9,11-12,16,19,23H,3-5,10,13-14H2,1-2H3/t16-,19+/m0/s1. The van der Waals surface area contributed by atoms with E-state index in [1.54, 1.807) is 0 Å². The van der Waals surface area contributed by atoms with E-state index in [9.17, 15) is 5.11 Å². The highest BCUT2D eigenvalue weighted by Gasteiger charge is 2.28. The zero-order valence-electron chi connectivity index (χ0n) is 15.0. The average molecular weight is 345 g/mol. The lowest BCUT2D eigenvalue weighted by atomic mass is 10.1. The minimum atomic E-state index is -0.524. The molecule has 25 heavy (non-hydrogen) atoms. The Labute approximate surface area is 149 Å². The number of nitrogens with zero attached hydrogens (tertiary/aromatic N) is 3. The van der Waals surface area contributed by atoms with Gasteiger partial charge in [-0.1, -0.05) is 0 Å². The van der Waals surface area contributed by atoms with Crippen LogP contribution in [0.5, 0.6) is 11.5 Å². The molecule has 0 aliphatic carbocycles. The minimum Gasteiger partial charge on any atom is -0.494 e. The SMILES string of the molecule is CCOc1ccc(OC[C@@H](O)CN2CCC[C@@H]2c2cnn(C)c2)cc1. The van der Waals surface area contributed by atoms with Crippen LogP contribution in [0.15, 0.2) is 36.7 Å². The Morgan fingerprint density at radius 2 is 1.96 bits per heavy atom. The molecule has 3 rings (SSSR count). The molecule has 136 valence electrons. The van der Waals surface area contributed by atoms with Gasteiger partial charge < -0.3 is 14.6 Å². The van der Waals surface area contributed by atoms with Gasteiger partial charge in [0.1, 0.15) is 24.2 Å². The normalized spacial score (nSPS) is 19.1. The van der Waals surface area contributed by atoms with Gasteiger partial charge in [0, 0.05) is 31.4 Å². The smallest absolute Gasteiger partial charge is 0.119 e. The predicted octanol–water partition coefficient (Wildman–Crippen LogP) is 2.40. The van der Waals surface area contributed by atoms with Crippen LogP contribution in [0.2, 0.25) is 0 Å². The third-order valence-electron chi connectivity index (χ3n) is 4.50. The van der Waals surface area contributed by atoms with Gasteiger partial charge >= 0.3 is 0 Å². The molecule has 6 heteroatoms. The van der Waals surface area contributed by atoms with Gasteiger partial charge in [-0.3, -0.25) is 9.58 Å². The van der Waals surface area contributed by atoms with Crippen LogP contribution in [0, 0.1) is 0 Å². The van der Waals surface area contributed by atoms with E-state index in [1.165, 1.54) is 5.56 Å². The lowest BCUT2D eigenvalue weighted by Gasteiger charge is -2.26. The van der Waals surface area contributed by atoms with Crippen molar-refractivity contribution in [1.82, 2.24) is 14.7 Å². The first kappa shape index (κ1) is 17.8. The minimum absolute atomic E-state index is 0.282. The van der Waals surface area contributed by atoms with Crippen molar-refractivity contribution in [3.8, 4) is 11.5 Å². The van der Waals surface area contributed by atoms with Gasteiger partial charge in [-0.2, -0.15) is 5.10 Å². The predicted molar refractivity (Wildman–Crippen MR) is 95.9 cm³/mol. The Morgan fingerprint density at radius 3 is 2.60 bits per heavy atom. The summed E-state index contributed by atoms with van der Waals surface area (Å²) in [4.78, 5) is 2.32. The molecule has 2 aromatic rings. The molecule has 0 amide bonds. The summed E-state index contributed by atoms with van der Waals surface area (Å²) in [7, 11) is 1.93. The van der Waals surface area contributed by atoms with E-state index in [2.05, 4.69) is 16.2 Å². The quantitative estimate of drug-likeness (QED) is 0.796. The number of aliphatic hydroxyl groups is 1. The van der Waals surface area contributed by atoms with E-state index in [0.29, 0.717) is 19.2 Å². The van der Waals surface area contributed by atoms with E-state index < -0.39 is 6.10 Å². The highest BCUT2D eigenvalue weighted by molar-refractivity contribution is 5.31. The van der Waals surface area contributed by atoms with Crippen LogP contribution in [0.3, 0.4) is 0 Å². The molecule has 1 saturated heterocycles. The molecule has 2 atom stereocenters. The van der Waals surface area contributed by atoms with Gasteiger partial charge in [-0.15, -0.1) is 0 Å². The molecule has 0 radical (unpaired) electrons. The second-order valence-electron chi connectivity index (χ2n) is 6.47. The third-order valence-corrected chi connectivity index (χ3v) is 4.50. The number of β-amino-alcohol motifs (C(OH)–C–C–N with tert-alkyl or cyclic N) is 1. The number of hydrogen-bond acceptors (Lipinski definition) is 5. The van der Waals surface area contributed by atoms with E-state index in [1.807, 2.05) is 49.1 Å². The Morgan fingerprint density at radius 1 is 1.24 bits per heavy atom. The van der Waals surface area contributed by atoms with Crippen LogP contribution in [0.1, 0.15) is 31.4 Å². The monoisotopic (exact) mass is 345 g/mol. The van der Waals surface area contributed by atoms with Crippen molar-refractivity contribution >= 4 is 0 Å². The highest BCUT2D eigenvalue weighted by atomic mass is 16.5. The van der Waals surface area contributed by atoms with Crippen LogP contribution < -0.4 is 9.47 Å². The summed E-state index contributed by atoms with van der Waals surface area (Å²) < 4.78 is 13.0. The molecule has 1 aliphatic heterocycles. The van der Waals surface area contributed by atoms with Crippen LogP contribution in [-0.4, -0.2) is 52.2 Å². The summed E-state index contributed by atoms with van der Waals surface area (Å²) in [6, 6.07) is 7.83. The van der Waals surface area contributed by atoms with Crippen molar-refractivity contribution in [2.24, 2.45) is 7.05 Å². The number of hydrogen-bond donors (Lipinski definition) is 1. The molecule has 1 aliphatic rings. The number of likely N-dealkylation sites (tertiary alicyclic amines) is 1. The highest BCUT2D eigenvalue weighted by Crippen LogP contribution is 2.31. The third kappa shape index (κ3) is 4.74. The molecule has 1 N–H and O–H groups in total. The maximum Gasteiger partial charge on any atom is 0.119 e. The van der Waals surface area contributed by atoms with Crippen LogP contribution >= 0.6 is 0 Å². The van der Waals surface area contributed by atoms with Crippen molar-refractivity contribution in [3.63, 3.8) is 0 Å². The lowest BCUT2D eigenvalue weighted by molar-refractivity contribution is 0.0638. The Kier molecular flexibility index (Phi) is 5.94. The van der Waals surface area contributed by atoms with Crippen molar-refractivity contribution in [1.29, 1.82) is 0 Å². The lowest BCUT2D eigenvalue weighted by Crippen LogP contribution is -2.35. The summed E-state index contributed by atoms with van der Waals surface area (Å²) in [5.41, 5.74) is 1.22. The Bertz CT molecular complexity index is 656. The van der Waals surface area contributed by atoms with E-state index in [-0.39, 0.29) is 6.61 Å². The number of rotatable bonds is 8. The second kappa shape index (κ2) is 8.36. The summed E-state index contributed by atoms with van der Waals surface area (Å²) in [5, 5.41) is 14.6. The van der Waals surface area contributed by atoms with Gasteiger partial charge in [-0.05, 0) is 50.6 Å².